The Balaban J connectivity index is 1.89. The topological polar surface area (TPSA) is 83.8 Å². The largest absolute Gasteiger partial charge is 0.350 e. The molecule has 1 heterocycles. The van der Waals surface area contributed by atoms with Gasteiger partial charge in [-0.25, -0.2) is 0 Å². The molecule has 2 rings (SSSR count). The Hall–Kier alpha value is -1.36. The molecule has 0 aliphatic heterocycles. The van der Waals surface area contributed by atoms with Crippen molar-refractivity contribution in [1.29, 1.82) is 0 Å². The highest BCUT2D eigenvalue weighted by Crippen LogP contribution is 2.34. The highest BCUT2D eigenvalue weighted by Gasteiger charge is 2.31. The first-order valence-corrected chi connectivity index (χ1v) is 6.23. The lowest BCUT2D eigenvalue weighted by Gasteiger charge is -2.36. The second-order valence-electron chi connectivity index (χ2n) is 4.92. The molecule has 0 unspecified atom stereocenters. The van der Waals surface area contributed by atoms with Crippen LogP contribution >= 0.6 is 0 Å². The number of nitrogens with zero attached hydrogens (tertiary/aromatic N) is 1. The van der Waals surface area contributed by atoms with Gasteiger partial charge in [0, 0.05) is 12.7 Å². The van der Waals surface area contributed by atoms with E-state index >= 15 is 0 Å². The number of carbonyl (C=O) groups is 1. The predicted octanol–water partition coefficient (Wildman–Crippen LogP) is 1.05. The summed E-state index contributed by atoms with van der Waals surface area (Å²) in [4.78, 5) is 11.8. The fourth-order valence-corrected chi connectivity index (χ4v) is 2.50. The van der Waals surface area contributed by atoms with Crippen LogP contribution < -0.4 is 11.1 Å². The van der Waals surface area contributed by atoms with Crippen molar-refractivity contribution in [3.63, 3.8) is 0 Å². The molecule has 0 atom stereocenters. The summed E-state index contributed by atoms with van der Waals surface area (Å²) in [6.45, 7) is 1.32. The molecule has 5 nitrogen and oxygen atoms in total. The zero-order valence-electron chi connectivity index (χ0n) is 10.0. The normalized spacial score (nSPS) is 18.9. The lowest BCUT2D eigenvalue weighted by Crippen LogP contribution is -2.43. The Morgan fingerprint density at radius 2 is 2.24 bits per heavy atom. The summed E-state index contributed by atoms with van der Waals surface area (Å²) in [5, 5.41) is 9.38. The van der Waals surface area contributed by atoms with Crippen molar-refractivity contribution >= 4 is 5.91 Å². The standard InChI is InChI=1S/C12H20N4O/c13-8-12(5-2-1-3-6-12)9-14-11(17)10-4-7-15-16-10/h4,7H,1-3,5-6,8-9,13H2,(H,14,17)(H,15,16). The van der Waals surface area contributed by atoms with E-state index in [9.17, 15) is 4.79 Å². The summed E-state index contributed by atoms with van der Waals surface area (Å²) < 4.78 is 0. The van der Waals surface area contributed by atoms with Crippen molar-refractivity contribution in [3.8, 4) is 0 Å². The van der Waals surface area contributed by atoms with Gasteiger partial charge in [-0.2, -0.15) is 5.10 Å². The number of hydrogen-bond acceptors (Lipinski definition) is 3. The molecule has 4 N–H and O–H groups in total. The number of carbonyl (C=O) groups excluding carboxylic acids is 1. The Morgan fingerprint density at radius 1 is 1.47 bits per heavy atom. The maximum absolute atomic E-state index is 11.8. The monoisotopic (exact) mass is 236 g/mol. The van der Waals surface area contributed by atoms with Crippen molar-refractivity contribution in [2.45, 2.75) is 32.1 Å². The predicted molar refractivity (Wildman–Crippen MR) is 65.5 cm³/mol. The lowest BCUT2D eigenvalue weighted by atomic mass is 9.74. The molecule has 5 heteroatoms. The fraction of sp³-hybridized carbons (Fsp3) is 0.667. The van der Waals surface area contributed by atoms with E-state index in [1.807, 2.05) is 0 Å². The molecule has 1 aromatic heterocycles. The van der Waals surface area contributed by atoms with Crippen molar-refractivity contribution in [1.82, 2.24) is 15.5 Å². The molecule has 1 aliphatic carbocycles. The van der Waals surface area contributed by atoms with Gasteiger partial charge in [-0.3, -0.25) is 9.89 Å². The van der Waals surface area contributed by atoms with Crippen LogP contribution in [0.15, 0.2) is 12.3 Å². The number of H-pyrrole nitrogens is 1. The summed E-state index contributed by atoms with van der Waals surface area (Å²) in [7, 11) is 0. The minimum absolute atomic E-state index is 0.0964. The third kappa shape index (κ3) is 2.85. The summed E-state index contributed by atoms with van der Waals surface area (Å²) in [6, 6.07) is 1.67. The van der Waals surface area contributed by atoms with E-state index in [1.54, 1.807) is 12.3 Å². The third-order valence-electron chi connectivity index (χ3n) is 3.72. The molecule has 94 valence electrons. The van der Waals surface area contributed by atoms with Gasteiger partial charge in [0.1, 0.15) is 5.69 Å². The van der Waals surface area contributed by atoms with E-state index in [4.69, 9.17) is 5.73 Å². The number of rotatable bonds is 4. The van der Waals surface area contributed by atoms with E-state index < -0.39 is 0 Å². The van der Waals surface area contributed by atoms with Crippen LogP contribution in [0, 0.1) is 5.41 Å². The second-order valence-corrected chi connectivity index (χ2v) is 4.92. The minimum Gasteiger partial charge on any atom is -0.350 e. The number of aromatic amines is 1. The van der Waals surface area contributed by atoms with Gasteiger partial charge in [-0.05, 0) is 30.9 Å². The summed E-state index contributed by atoms with van der Waals surface area (Å²) in [6.07, 6.45) is 7.54. The smallest absolute Gasteiger partial charge is 0.269 e. The van der Waals surface area contributed by atoms with E-state index in [0.717, 1.165) is 12.8 Å². The van der Waals surface area contributed by atoms with Crippen LogP contribution in [0.4, 0.5) is 0 Å². The number of aromatic nitrogens is 2. The van der Waals surface area contributed by atoms with E-state index in [-0.39, 0.29) is 11.3 Å². The van der Waals surface area contributed by atoms with Crippen molar-refractivity contribution in [2.24, 2.45) is 11.1 Å². The van der Waals surface area contributed by atoms with Crippen molar-refractivity contribution in [3.05, 3.63) is 18.0 Å². The second kappa shape index (κ2) is 5.31. The highest BCUT2D eigenvalue weighted by molar-refractivity contribution is 5.92. The van der Waals surface area contributed by atoms with Gasteiger partial charge in [-0.1, -0.05) is 19.3 Å². The Bertz CT molecular complexity index is 355. The van der Waals surface area contributed by atoms with Crippen LogP contribution in [0.1, 0.15) is 42.6 Å². The number of amides is 1. The van der Waals surface area contributed by atoms with Crippen molar-refractivity contribution in [2.75, 3.05) is 13.1 Å². The molecule has 0 saturated heterocycles. The van der Waals surface area contributed by atoms with Gasteiger partial charge in [0.25, 0.3) is 5.91 Å². The van der Waals surface area contributed by atoms with Gasteiger partial charge in [0.2, 0.25) is 0 Å². The molecule has 1 fully saturated rings. The quantitative estimate of drug-likeness (QED) is 0.730. The van der Waals surface area contributed by atoms with E-state index in [2.05, 4.69) is 15.5 Å². The van der Waals surface area contributed by atoms with Gasteiger partial charge in [0.15, 0.2) is 0 Å². The third-order valence-corrected chi connectivity index (χ3v) is 3.72. The van der Waals surface area contributed by atoms with Gasteiger partial charge < -0.3 is 11.1 Å². The van der Waals surface area contributed by atoms with Gasteiger partial charge in [0.05, 0.1) is 0 Å². The van der Waals surface area contributed by atoms with Crippen LogP contribution in [0.2, 0.25) is 0 Å². The molecule has 1 aliphatic rings. The van der Waals surface area contributed by atoms with Crippen LogP contribution in [0.5, 0.6) is 0 Å². The average molecular weight is 236 g/mol. The Kier molecular flexibility index (Phi) is 3.78. The molecule has 0 radical (unpaired) electrons. The number of nitrogens with one attached hydrogen (secondary N) is 2. The maximum Gasteiger partial charge on any atom is 0.269 e. The van der Waals surface area contributed by atoms with Gasteiger partial charge >= 0.3 is 0 Å². The van der Waals surface area contributed by atoms with E-state index in [0.29, 0.717) is 18.8 Å². The molecule has 0 bridgehead atoms. The Labute approximate surface area is 101 Å². The molecule has 1 saturated carbocycles. The molecule has 0 aromatic carbocycles. The zero-order valence-corrected chi connectivity index (χ0v) is 10.0. The van der Waals surface area contributed by atoms with Crippen LogP contribution in [0.3, 0.4) is 0 Å². The molecule has 17 heavy (non-hydrogen) atoms. The number of nitrogens with two attached hydrogens (primary N) is 1. The first kappa shape index (κ1) is 12.1. The number of hydrogen-bond donors (Lipinski definition) is 3. The molecule has 1 amide bonds. The first-order valence-electron chi connectivity index (χ1n) is 6.23. The SMILES string of the molecule is NCC1(CNC(=O)c2ccn[nH]2)CCCCC1. The average Bonchev–Trinajstić information content (AvgIpc) is 2.91. The van der Waals surface area contributed by atoms with Crippen LogP contribution in [-0.2, 0) is 0 Å². The maximum atomic E-state index is 11.8. The Morgan fingerprint density at radius 3 is 2.82 bits per heavy atom. The molecular formula is C12H20N4O. The minimum atomic E-state index is -0.0964. The fourth-order valence-electron chi connectivity index (χ4n) is 2.50. The molecular weight excluding hydrogens is 216 g/mol. The summed E-state index contributed by atoms with van der Waals surface area (Å²) in [5.74, 6) is -0.0964. The lowest BCUT2D eigenvalue weighted by molar-refractivity contribution is 0.0909. The highest BCUT2D eigenvalue weighted by atomic mass is 16.1. The molecule has 0 spiro atoms. The van der Waals surface area contributed by atoms with Gasteiger partial charge in [-0.15, -0.1) is 0 Å². The van der Waals surface area contributed by atoms with Crippen LogP contribution in [-0.4, -0.2) is 29.2 Å². The first-order chi connectivity index (χ1) is 8.26. The molecule has 1 aromatic rings. The van der Waals surface area contributed by atoms with Crippen LogP contribution in [0.25, 0.3) is 0 Å². The zero-order chi connectivity index (χ0) is 12.1. The van der Waals surface area contributed by atoms with E-state index in [1.165, 1.54) is 19.3 Å². The van der Waals surface area contributed by atoms with Crippen molar-refractivity contribution < 1.29 is 4.79 Å². The summed E-state index contributed by atoms with van der Waals surface area (Å²) >= 11 is 0. The summed E-state index contributed by atoms with van der Waals surface area (Å²) in [5.41, 5.74) is 6.48.